The average Bonchev–Trinajstić information content (AvgIpc) is 3.75. The smallest absolute Gasteiger partial charge is 0.197 e. The molecule has 15 aromatic rings. The van der Waals surface area contributed by atoms with E-state index in [9.17, 15) is 9.59 Å². The minimum absolute atomic E-state index is 0.00325. The summed E-state index contributed by atoms with van der Waals surface area (Å²) in [5.74, 6) is -0.440. The van der Waals surface area contributed by atoms with Gasteiger partial charge in [-0.1, -0.05) is 193 Å². The maximum Gasteiger partial charge on any atom is 0.197 e. The van der Waals surface area contributed by atoms with Crippen LogP contribution in [0.1, 0.15) is 78.9 Å². The van der Waals surface area contributed by atoms with Crippen LogP contribution in [0.4, 0.5) is 0 Å². The van der Waals surface area contributed by atoms with Gasteiger partial charge in [-0.05, 0) is 191 Å². The van der Waals surface area contributed by atoms with Gasteiger partial charge in [0.05, 0.1) is 22.3 Å². The highest BCUT2D eigenvalue weighted by Gasteiger charge is 2.34. The number of carbonyl (C=O) groups excluding carboxylic acids is 2. The molecule has 0 amide bonds. The van der Waals surface area contributed by atoms with Crippen LogP contribution in [0.2, 0.25) is 0 Å². The number of hydrogen-bond donors (Lipinski definition) is 0. The lowest BCUT2D eigenvalue weighted by molar-refractivity contribution is 0.0990. The van der Waals surface area contributed by atoms with Crippen molar-refractivity contribution in [3.05, 3.63) is 240 Å². The first-order valence-electron chi connectivity index (χ1n) is 27.7. The van der Waals surface area contributed by atoms with E-state index in [2.05, 4.69) is 216 Å². The Morgan fingerprint density at radius 2 is 0.848 bits per heavy atom. The largest absolute Gasteiger partial charge is 0.309 e. The normalized spacial score (nSPS) is 13.5. The lowest BCUT2D eigenvalue weighted by Crippen LogP contribution is -2.10. The van der Waals surface area contributed by atoms with Crippen molar-refractivity contribution in [3.63, 3.8) is 0 Å². The minimum Gasteiger partial charge on any atom is -0.309 e. The summed E-state index contributed by atoms with van der Waals surface area (Å²) in [7, 11) is 0. The SMILES string of the molecule is CC(C)(C)c1ccc2c(c1)c1cc(C(C)(C)C)ccc1n2-c1ccc2c3c(-c4ccccc4)c4c(cc5c6ccc(C=C7C(=O)c8cc9ccccc9cc8C7=O)cc6c6cccc4c65)c(-c4ccccc4)c3c3cccc1c32. The van der Waals surface area contributed by atoms with Crippen LogP contribution >= 0.6 is 0 Å². The number of benzene rings is 12. The molecular formula is C76H53NO2. The first kappa shape index (κ1) is 45.7. The second kappa shape index (κ2) is 16.1. The standard InChI is InChI=1S/C76H53NO2/c1-75(2,3)47-28-32-64-56(39-47)57-40-48(76(4,5)6)29-33-65(57)77(64)63-34-31-54-69-51(63)24-16-26-53(69)71-66(43-17-9-7-10-18-43)61-41-58-49-30-27-42(36-62-73(78)59-37-45-21-13-14-22-46(45)38-60(59)74(62)79)35-55(49)50-23-15-25-52(68(50)58)70(61)67(72(54)71)44-19-11-8-12-20-44/h7-41H,1-6H3. The number of allylic oxidation sites excluding steroid dienone is 1. The van der Waals surface area contributed by atoms with Crippen LogP contribution in [-0.2, 0) is 10.8 Å². The van der Waals surface area contributed by atoms with E-state index in [4.69, 9.17) is 0 Å². The number of carbonyl (C=O) groups is 2. The van der Waals surface area contributed by atoms with Gasteiger partial charge in [0.1, 0.15) is 0 Å². The van der Waals surface area contributed by atoms with Gasteiger partial charge in [-0.2, -0.15) is 0 Å². The molecule has 0 aliphatic heterocycles. The van der Waals surface area contributed by atoms with Crippen LogP contribution < -0.4 is 0 Å². The highest BCUT2D eigenvalue weighted by Crippen LogP contribution is 2.55. The van der Waals surface area contributed by atoms with Crippen molar-refractivity contribution in [2.24, 2.45) is 0 Å². The molecule has 14 aromatic carbocycles. The number of aromatic nitrogens is 1. The molecule has 0 saturated carbocycles. The monoisotopic (exact) mass is 1010 g/mol. The molecule has 1 heterocycles. The quantitative estimate of drug-likeness (QED) is 0.100. The van der Waals surface area contributed by atoms with Gasteiger partial charge in [-0.15, -0.1) is 0 Å². The Balaban J connectivity index is 0.993. The summed E-state index contributed by atoms with van der Waals surface area (Å²) >= 11 is 0. The van der Waals surface area contributed by atoms with E-state index in [0.717, 1.165) is 32.5 Å². The van der Waals surface area contributed by atoms with Gasteiger partial charge in [0.2, 0.25) is 0 Å². The first-order valence-corrected chi connectivity index (χ1v) is 27.7. The lowest BCUT2D eigenvalue weighted by atomic mass is 9.84. The maximum absolute atomic E-state index is 14.0. The predicted molar refractivity (Wildman–Crippen MR) is 335 cm³/mol. The predicted octanol–water partition coefficient (Wildman–Crippen LogP) is 20.3. The van der Waals surface area contributed by atoms with Crippen LogP contribution in [0.15, 0.2) is 212 Å². The van der Waals surface area contributed by atoms with Crippen molar-refractivity contribution in [1.29, 1.82) is 0 Å². The number of rotatable bonds is 4. The molecule has 16 rings (SSSR count). The fraction of sp³-hybridized carbons (Fsp3) is 0.105. The Kier molecular flexibility index (Phi) is 9.30. The number of ketones is 2. The van der Waals surface area contributed by atoms with Crippen molar-refractivity contribution in [3.8, 4) is 27.9 Å². The molecular weight excluding hydrogens is 959 g/mol. The maximum atomic E-state index is 14.0. The van der Waals surface area contributed by atoms with Crippen LogP contribution in [0.25, 0.3) is 142 Å². The molecule has 0 bridgehead atoms. The first-order chi connectivity index (χ1) is 38.3. The third-order valence-corrected chi connectivity index (χ3v) is 17.6. The summed E-state index contributed by atoms with van der Waals surface area (Å²) in [5, 5.41) is 21.3. The van der Waals surface area contributed by atoms with E-state index in [1.807, 2.05) is 36.4 Å². The second-order valence-corrected chi connectivity index (χ2v) is 24.2. The third kappa shape index (κ3) is 6.42. The molecule has 0 spiro atoms. The Bertz CT molecular complexity index is 5090. The van der Waals surface area contributed by atoms with Crippen molar-refractivity contribution in [2.45, 2.75) is 52.4 Å². The Labute approximate surface area is 457 Å². The molecule has 0 N–H and O–H groups in total. The van der Waals surface area contributed by atoms with Crippen molar-refractivity contribution >= 4 is 126 Å². The zero-order valence-electron chi connectivity index (χ0n) is 45.0. The molecule has 1 aliphatic carbocycles. The molecule has 1 aliphatic rings. The molecule has 3 nitrogen and oxygen atoms in total. The molecule has 0 saturated heterocycles. The van der Waals surface area contributed by atoms with Gasteiger partial charge < -0.3 is 4.57 Å². The van der Waals surface area contributed by atoms with Crippen molar-refractivity contribution in [2.75, 3.05) is 0 Å². The molecule has 374 valence electrons. The number of hydrogen-bond acceptors (Lipinski definition) is 2. The van der Waals surface area contributed by atoms with E-state index in [0.29, 0.717) is 11.1 Å². The molecule has 1 aromatic heterocycles. The fourth-order valence-electron chi connectivity index (χ4n) is 13.9. The van der Waals surface area contributed by atoms with Crippen LogP contribution in [0.3, 0.4) is 0 Å². The summed E-state index contributed by atoms with van der Waals surface area (Å²) < 4.78 is 2.53. The second-order valence-electron chi connectivity index (χ2n) is 24.2. The van der Waals surface area contributed by atoms with Gasteiger partial charge in [-0.25, -0.2) is 0 Å². The Hall–Kier alpha value is -9.44. The Morgan fingerprint density at radius 1 is 0.342 bits per heavy atom. The third-order valence-electron chi connectivity index (χ3n) is 17.6. The molecule has 0 unspecified atom stereocenters. The van der Waals surface area contributed by atoms with E-state index < -0.39 is 0 Å². The van der Waals surface area contributed by atoms with Gasteiger partial charge in [0.15, 0.2) is 11.6 Å². The van der Waals surface area contributed by atoms with E-state index in [1.54, 1.807) is 6.08 Å². The number of Topliss-reactive ketones (excluding diaryl/α,β-unsaturated/α-hetero) is 2. The summed E-state index contributed by atoms with van der Waals surface area (Å²) in [6.45, 7) is 13.8. The zero-order chi connectivity index (χ0) is 53.4. The van der Waals surface area contributed by atoms with Gasteiger partial charge >= 0.3 is 0 Å². The van der Waals surface area contributed by atoms with E-state index >= 15 is 0 Å². The van der Waals surface area contributed by atoms with Gasteiger partial charge in [0, 0.05) is 27.3 Å². The lowest BCUT2D eigenvalue weighted by Gasteiger charge is -2.19. The van der Waals surface area contributed by atoms with E-state index in [-0.39, 0.29) is 28.0 Å². The molecule has 79 heavy (non-hydrogen) atoms. The fourth-order valence-corrected chi connectivity index (χ4v) is 13.9. The van der Waals surface area contributed by atoms with Crippen LogP contribution in [-0.4, -0.2) is 16.1 Å². The van der Waals surface area contributed by atoms with Crippen LogP contribution in [0.5, 0.6) is 0 Å². The Morgan fingerprint density at radius 3 is 1.46 bits per heavy atom. The molecule has 3 heteroatoms. The number of nitrogens with zero attached hydrogens (tertiary/aromatic N) is 1. The highest BCUT2D eigenvalue weighted by atomic mass is 16.2. The molecule has 0 radical (unpaired) electrons. The topological polar surface area (TPSA) is 39.1 Å². The van der Waals surface area contributed by atoms with Crippen LogP contribution in [0, 0.1) is 0 Å². The van der Waals surface area contributed by atoms with Crippen molar-refractivity contribution in [1.82, 2.24) is 4.57 Å². The summed E-state index contributed by atoms with van der Waals surface area (Å²) in [5.41, 5.74) is 13.0. The zero-order valence-corrected chi connectivity index (χ0v) is 45.0. The van der Waals surface area contributed by atoms with Gasteiger partial charge in [0.25, 0.3) is 0 Å². The summed E-state index contributed by atoms with van der Waals surface area (Å²) in [4.78, 5) is 28.0. The highest BCUT2D eigenvalue weighted by molar-refractivity contribution is 6.46. The van der Waals surface area contributed by atoms with Gasteiger partial charge in [-0.3, -0.25) is 9.59 Å². The molecule has 0 fully saturated rings. The average molecular weight is 1010 g/mol. The number of fused-ring (bicyclic) bond motifs is 13. The molecule has 0 atom stereocenters. The summed E-state index contributed by atoms with van der Waals surface area (Å²) in [6.07, 6.45) is 1.80. The van der Waals surface area contributed by atoms with E-state index in [1.165, 1.54) is 120 Å². The minimum atomic E-state index is -0.220. The summed E-state index contributed by atoms with van der Waals surface area (Å²) in [6, 6.07) is 75.4. The van der Waals surface area contributed by atoms with Crippen molar-refractivity contribution < 1.29 is 9.59 Å².